The highest BCUT2D eigenvalue weighted by Crippen LogP contribution is 2.28. The maximum absolute atomic E-state index is 11.7. The molecular weight excluding hydrogens is 298 g/mol. The summed E-state index contributed by atoms with van der Waals surface area (Å²) in [4.78, 5) is 23.3. The van der Waals surface area contributed by atoms with Crippen molar-refractivity contribution in [3.63, 3.8) is 0 Å². The van der Waals surface area contributed by atoms with E-state index in [1.54, 1.807) is 11.8 Å². The van der Waals surface area contributed by atoms with Gasteiger partial charge in [-0.05, 0) is 25.0 Å². The van der Waals surface area contributed by atoms with Gasteiger partial charge in [-0.3, -0.25) is 9.59 Å². The first kappa shape index (κ1) is 15.2. The molecule has 0 aromatic heterocycles. The molecule has 0 bridgehead atoms. The summed E-state index contributed by atoms with van der Waals surface area (Å²) >= 11 is 7.57. The van der Waals surface area contributed by atoms with Crippen LogP contribution in [0, 0.1) is 5.92 Å². The normalized spacial score (nSPS) is 21.1. The molecule has 0 atom stereocenters. The van der Waals surface area contributed by atoms with Crippen molar-refractivity contribution in [3.8, 4) is 0 Å². The summed E-state index contributed by atoms with van der Waals surface area (Å²) in [5.41, 5.74) is 0. The zero-order chi connectivity index (χ0) is 14.5. The average Bonchev–Trinajstić information content (AvgIpc) is 2.35. The van der Waals surface area contributed by atoms with Crippen LogP contribution in [0.4, 0.5) is 0 Å². The Labute approximate surface area is 126 Å². The molecule has 4 nitrogen and oxygen atoms in total. The Kier molecular flexibility index (Phi) is 5.31. The van der Waals surface area contributed by atoms with Crippen LogP contribution in [0.5, 0.6) is 0 Å². The zero-order valence-electron chi connectivity index (χ0n) is 10.8. The number of carbonyl (C=O) groups is 2. The highest BCUT2D eigenvalue weighted by atomic mass is 35.5. The van der Waals surface area contributed by atoms with E-state index in [4.69, 9.17) is 16.7 Å². The Morgan fingerprint density at radius 1 is 1.35 bits per heavy atom. The van der Waals surface area contributed by atoms with Crippen LogP contribution in [0.15, 0.2) is 29.2 Å². The summed E-state index contributed by atoms with van der Waals surface area (Å²) in [6, 6.07) is 7.55. The molecule has 1 amide bonds. The van der Waals surface area contributed by atoms with E-state index in [-0.39, 0.29) is 17.9 Å². The van der Waals surface area contributed by atoms with Crippen molar-refractivity contribution in [2.45, 2.75) is 30.2 Å². The smallest absolute Gasteiger partial charge is 0.306 e. The number of aliphatic carboxylic acids is 1. The van der Waals surface area contributed by atoms with E-state index in [1.165, 1.54) is 0 Å². The Morgan fingerprint density at radius 2 is 2.05 bits per heavy atom. The number of hydrogen-bond acceptors (Lipinski definition) is 3. The van der Waals surface area contributed by atoms with Crippen LogP contribution in [0.2, 0.25) is 5.02 Å². The number of benzene rings is 1. The van der Waals surface area contributed by atoms with Gasteiger partial charge in [0.15, 0.2) is 0 Å². The SMILES string of the molecule is O=C(CCSc1ccccc1Cl)NC1CC(C(=O)O)C1. The lowest BCUT2D eigenvalue weighted by Crippen LogP contribution is -2.46. The first-order valence-corrected chi connectivity index (χ1v) is 7.82. The molecule has 1 aliphatic carbocycles. The monoisotopic (exact) mass is 313 g/mol. The molecule has 2 N–H and O–H groups in total. The van der Waals surface area contributed by atoms with E-state index in [1.807, 2.05) is 24.3 Å². The molecule has 0 heterocycles. The van der Waals surface area contributed by atoms with Crippen molar-refractivity contribution >= 4 is 35.2 Å². The Morgan fingerprint density at radius 3 is 2.70 bits per heavy atom. The molecule has 6 heteroatoms. The minimum atomic E-state index is -0.773. The molecular formula is C14H16ClNO3S. The average molecular weight is 314 g/mol. The van der Waals surface area contributed by atoms with Crippen LogP contribution in [0.25, 0.3) is 0 Å². The van der Waals surface area contributed by atoms with Gasteiger partial charge < -0.3 is 10.4 Å². The number of halogens is 1. The Hall–Kier alpha value is -1.20. The van der Waals surface area contributed by atoms with E-state index in [9.17, 15) is 9.59 Å². The third-order valence-electron chi connectivity index (χ3n) is 3.28. The molecule has 1 aromatic rings. The van der Waals surface area contributed by atoms with Crippen molar-refractivity contribution < 1.29 is 14.7 Å². The number of nitrogens with one attached hydrogen (secondary N) is 1. The molecule has 1 fully saturated rings. The van der Waals surface area contributed by atoms with Gasteiger partial charge in [0.05, 0.1) is 10.9 Å². The van der Waals surface area contributed by atoms with Crippen LogP contribution in [0.1, 0.15) is 19.3 Å². The molecule has 0 unspecified atom stereocenters. The molecule has 0 spiro atoms. The van der Waals surface area contributed by atoms with Crippen LogP contribution < -0.4 is 5.32 Å². The van der Waals surface area contributed by atoms with E-state index in [0.29, 0.717) is 30.0 Å². The minimum absolute atomic E-state index is 0.0221. The summed E-state index contributed by atoms with van der Waals surface area (Å²) in [6.45, 7) is 0. The molecule has 0 aliphatic heterocycles. The quantitative estimate of drug-likeness (QED) is 0.793. The van der Waals surface area contributed by atoms with E-state index in [2.05, 4.69) is 5.32 Å². The first-order chi connectivity index (χ1) is 9.56. The third kappa shape index (κ3) is 4.15. The van der Waals surface area contributed by atoms with Crippen LogP contribution in [0.3, 0.4) is 0 Å². The van der Waals surface area contributed by atoms with Gasteiger partial charge in [-0.25, -0.2) is 0 Å². The van der Waals surface area contributed by atoms with Gasteiger partial charge in [0.1, 0.15) is 0 Å². The number of rotatable bonds is 6. The van der Waals surface area contributed by atoms with Gasteiger partial charge in [-0.2, -0.15) is 0 Å². The summed E-state index contributed by atoms with van der Waals surface area (Å²) in [7, 11) is 0. The number of thioether (sulfide) groups is 1. The molecule has 1 saturated carbocycles. The number of carboxylic acid groups (broad SMARTS) is 1. The van der Waals surface area contributed by atoms with Crippen LogP contribution >= 0.6 is 23.4 Å². The molecule has 1 aromatic carbocycles. The number of hydrogen-bond donors (Lipinski definition) is 2. The molecule has 2 rings (SSSR count). The van der Waals surface area contributed by atoms with E-state index >= 15 is 0 Å². The van der Waals surface area contributed by atoms with Gasteiger partial charge in [-0.15, -0.1) is 11.8 Å². The van der Waals surface area contributed by atoms with Gasteiger partial charge >= 0.3 is 5.97 Å². The largest absolute Gasteiger partial charge is 0.481 e. The minimum Gasteiger partial charge on any atom is -0.481 e. The number of amides is 1. The van der Waals surface area contributed by atoms with Gasteiger partial charge in [0, 0.05) is 23.1 Å². The lowest BCUT2D eigenvalue weighted by atomic mass is 9.80. The van der Waals surface area contributed by atoms with Gasteiger partial charge in [0.2, 0.25) is 5.91 Å². The number of carboxylic acids is 1. The van der Waals surface area contributed by atoms with Gasteiger partial charge in [-0.1, -0.05) is 23.7 Å². The van der Waals surface area contributed by atoms with Crippen molar-refractivity contribution in [1.29, 1.82) is 0 Å². The Balaban J connectivity index is 1.64. The van der Waals surface area contributed by atoms with Crippen molar-refractivity contribution in [2.24, 2.45) is 5.92 Å². The lowest BCUT2D eigenvalue weighted by molar-refractivity contribution is -0.146. The molecule has 20 heavy (non-hydrogen) atoms. The van der Waals surface area contributed by atoms with Crippen molar-refractivity contribution in [3.05, 3.63) is 29.3 Å². The maximum Gasteiger partial charge on any atom is 0.306 e. The molecule has 1 aliphatic rings. The molecule has 0 radical (unpaired) electrons. The highest BCUT2D eigenvalue weighted by molar-refractivity contribution is 7.99. The Bertz CT molecular complexity index is 503. The summed E-state index contributed by atoms with van der Waals surface area (Å²) in [5, 5.41) is 12.3. The van der Waals surface area contributed by atoms with Crippen LogP contribution in [-0.4, -0.2) is 28.8 Å². The fourth-order valence-corrected chi connectivity index (χ4v) is 3.24. The molecule has 0 saturated heterocycles. The third-order valence-corrected chi connectivity index (χ3v) is 4.79. The highest BCUT2D eigenvalue weighted by Gasteiger charge is 2.34. The van der Waals surface area contributed by atoms with Crippen molar-refractivity contribution in [2.75, 3.05) is 5.75 Å². The fourth-order valence-electron chi connectivity index (χ4n) is 2.05. The van der Waals surface area contributed by atoms with Crippen LogP contribution in [-0.2, 0) is 9.59 Å². The number of carbonyl (C=O) groups excluding carboxylic acids is 1. The zero-order valence-corrected chi connectivity index (χ0v) is 12.4. The summed E-state index contributed by atoms with van der Waals surface area (Å²) in [5.74, 6) is -0.439. The van der Waals surface area contributed by atoms with Gasteiger partial charge in [0.25, 0.3) is 0 Å². The summed E-state index contributed by atoms with van der Waals surface area (Å²) in [6.07, 6.45) is 1.49. The summed E-state index contributed by atoms with van der Waals surface area (Å²) < 4.78 is 0. The first-order valence-electron chi connectivity index (χ1n) is 6.45. The predicted molar refractivity (Wildman–Crippen MR) is 79.1 cm³/mol. The van der Waals surface area contributed by atoms with E-state index in [0.717, 1.165) is 4.90 Å². The van der Waals surface area contributed by atoms with E-state index < -0.39 is 5.97 Å². The maximum atomic E-state index is 11.7. The lowest BCUT2D eigenvalue weighted by Gasteiger charge is -2.32. The molecule has 108 valence electrons. The second kappa shape index (κ2) is 6.99. The standard InChI is InChI=1S/C14H16ClNO3S/c15-11-3-1-2-4-12(11)20-6-5-13(17)16-10-7-9(8-10)14(18)19/h1-4,9-10H,5-8H2,(H,16,17)(H,18,19). The van der Waals surface area contributed by atoms with Crippen molar-refractivity contribution in [1.82, 2.24) is 5.32 Å². The predicted octanol–water partition coefficient (Wildman–Crippen LogP) is 2.80. The second-order valence-corrected chi connectivity index (χ2v) is 6.34. The fraction of sp³-hybridized carbons (Fsp3) is 0.429. The topological polar surface area (TPSA) is 66.4 Å². The second-order valence-electron chi connectivity index (χ2n) is 4.80.